The Morgan fingerprint density at radius 2 is 1.13 bits per heavy atom. The van der Waals surface area contributed by atoms with Gasteiger partial charge in [0.1, 0.15) is 23.0 Å². The third-order valence-corrected chi connectivity index (χ3v) is 5.58. The minimum Gasteiger partial charge on any atom is -0.497 e. The molecule has 0 amide bonds. The van der Waals surface area contributed by atoms with Gasteiger partial charge in [0.25, 0.3) is 0 Å². The normalized spacial score (nSPS) is 14.5. The number of ether oxygens (including phenoxy) is 4. The number of nitriles is 1. The van der Waals surface area contributed by atoms with Crippen LogP contribution >= 0.6 is 0 Å². The molecule has 1 heterocycles. The minimum atomic E-state index is -0.834. The van der Waals surface area contributed by atoms with Crippen molar-refractivity contribution < 1.29 is 18.9 Å². The lowest BCUT2D eigenvalue weighted by atomic mass is 9.82. The van der Waals surface area contributed by atoms with Crippen molar-refractivity contribution in [3.8, 4) is 23.3 Å². The molecule has 0 spiro atoms. The highest BCUT2D eigenvalue weighted by atomic mass is 16.5. The van der Waals surface area contributed by atoms with Crippen LogP contribution in [0.5, 0.6) is 17.2 Å². The largest absolute Gasteiger partial charge is 0.497 e. The molecule has 0 radical (unpaired) electrons. The number of nitrogens with zero attached hydrogens (tertiary/aromatic N) is 1. The molecule has 0 aliphatic carbocycles. The van der Waals surface area contributed by atoms with Crippen molar-refractivity contribution in [2.24, 2.45) is 0 Å². The van der Waals surface area contributed by atoms with Gasteiger partial charge in [0, 0.05) is 23.1 Å². The maximum atomic E-state index is 9.94. The van der Waals surface area contributed by atoms with Crippen molar-refractivity contribution in [1.82, 2.24) is 0 Å². The van der Waals surface area contributed by atoms with E-state index in [0.717, 1.165) is 33.9 Å². The van der Waals surface area contributed by atoms with Gasteiger partial charge in [-0.05, 0) is 48.5 Å². The summed E-state index contributed by atoms with van der Waals surface area (Å²) in [5.74, 6) is 2.85. The number of hydrogen-bond acceptors (Lipinski definition) is 5. The van der Waals surface area contributed by atoms with Crippen LogP contribution in [0.2, 0.25) is 0 Å². The zero-order chi connectivity index (χ0) is 21.8. The van der Waals surface area contributed by atoms with E-state index in [1.165, 1.54) is 0 Å². The average molecular weight is 413 g/mol. The summed E-state index contributed by atoms with van der Waals surface area (Å²) >= 11 is 0. The Labute approximate surface area is 182 Å². The van der Waals surface area contributed by atoms with Crippen molar-refractivity contribution in [2.45, 2.75) is 12.0 Å². The van der Waals surface area contributed by atoms with E-state index in [1.807, 2.05) is 72.8 Å². The molecule has 0 atom stereocenters. The van der Waals surface area contributed by atoms with Crippen molar-refractivity contribution in [3.05, 3.63) is 95.1 Å². The van der Waals surface area contributed by atoms with Crippen molar-refractivity contribution in [3.63, 3.8) is 0 Å². The lowest BCUT2D eigenvalue weighted by Gasteiger charge is -2.31. The molecule has 0 N–H and O–H groups in total. The third-order valence-electron chi connectivity index (χ3n) is 5.58. The molecule has 3 aromatic carbocycles. The SMILES string of the molecule is COc1ccc(C2=C(C#N)CC(c3ccc(OC)cc3)(c3ccc(OC)cc3)O2)cc1. The molecule has 5 heteroatoms. The van der Waals surface area contributed by atoms with Crippen LogP contribution in [0.4, 0.5) is 0 Å². The number of benzene rings is 3. The molecular formula is C26H23NO4. The second-order valence-electron chi connectivity index (χ2n) is 7.21. The highest BCUT2D eigenvalue weighted by Gasteiger charge is 2.44. The Kier molecular flexibility index (Phi) is 5.55. The lowest BCUT2D eigenvalue weighted by molar-refractivity contribution is 0.100. The molecule has 0 saturated heterocycles. The van der Waals surface area contributed by atoms with Crippen LogP contribution in [0.25, 0.3) is 5.76 Å². The lowest BCUT2D eigenvalue weighted by Crippen LogP contribution is -2.27. The van der Waals surface area contributed by atoms with Gasteiger partial charge in [0.05, 0.1) is 33.0 Å². The molecule has 1 aliphatic heterocycles. The summed E-state index contributed by atoms with van der Waals surface area (Å²) in [6.07, 6.45) is 0.420. The van der Waals surface area contributed by atoms with Gasteiger partial charge >= 0.3 is 0 Å². The Morgan fingerprint density at radius 1 is 0.710 bits per heavy atom. The van der Waals surface area contributed by atoms with Crippen molar-refractivity contribution >= 4 is 5.76 Å². The van der Waals surface area contributed by atoms with E-state index in [0.29, 0.717) is 17.8 Å². The second kappa shape index (κ2) is 8.45. The van der Waals surface area contributed by atoms with Crippen molar-refractivity contribution in [1.29, 1.82) is 5.26 Å². The molecule has 0 bridgehead atoms. The van der Waals surface area contributed by atoms with Crippen LogP contribution in [-0.2, 0) is 10.3 Å². The first-order valence-electron chi connectivity index (χ1n) is 9.89. The Hall–Kier alpha value is -3.91. The van der Waals surface area contributed by atoms with E-state index in [-0.39, 0.29) is 0 Å². The van der Waals surface area contributed by atoms with Gasteiger partial charge in [-0.1, -0.05) is 24.3 Å². The zero-order valence-electron chi connectivity index (χ0n) is 17.7. The topological polar surface area (TPSA) is 60.7 Å². The molecule has 4 rings (SSSR count). The molecule has 1 aliphatic rings. The molecule has 0 unspecified atom stereocenters. The monoisotopic (exact) mass is 413 g/mol. The van der Waals surface area contributed by atoms with E-state index < -0.39 is 5.60 Å². The fraction of sp³-hybridized carbons (Fsp3) is 0.192. The second-order valence-corrected chi connectivity index (χ2v) is 7.21. The van der Waals surface area contributed by atoms with E-state index in [9.17, 15) is 5.26 Å². The van der Waals surface area contributed by atoms with Gasteiger partial charge in [-0.3, -0.25) is 0 Å². The van der Waals surface area contributed by atoms with Gasteiger partial charge in [-0.25, -0.2) is 0 Å². The first kappa shape index (κ1) is 20.4. The van der Waals surface area contributed by atoms with Gasteiger partial charge < -0.3 is 18.9 Å². The van der Waals surface area contributed by atoms with E-state index >= 15 is 0 Å². The predicted octanol–water partition coefficient (Wildman–Crippen LogP) is 5.31. The maximum absolute atomic E-state index is 9.94. The third kappa shape index (κ3) is 3.69. The van der Waals surface area contributed by atoms with Crippen LogP contribution in [0.3, 0.4) is 0 Å². The molecule has 0 saturated carbocycles. The van der Waals surface area contributed by atoms with Crippen molar-refractivity contribution in [2.75, 3.05) is 21.3 Å². The zero-order valence-corrected chi connectivity index (χ0v) is 17.7. The molecule has 3 aromatic rings. The fourth-order valence-corrected chi connectivity index (χ4v) is 3.88. The number of rotatable bonds is 6. The Balaban J connectivity index is 1.82. The van der Waals surface area contributed by atoms with Crippen LogP contribution in [-0.4, -0.2) is 21.3 Å². The highest BCUT2D eigenvalue weighted by molar-refractivity contribution is 5.71. The predicted molar refractivity (Wildman–Crippen MR) is 118 cm³/mol. The minimum absolute atomic E-state index is 0.420. The van der Waals surface area contributed by atoms with Gasteiger partial charge in [0.15, 0.2) is 5.60 Å². The first-order valence-corrected chi connectivity index (χ1v) is 9.89. The smallest absolute Gasteiger partial charge is 0.164 e. The first-order chi connectivity index (χ1) is 15.1. The molecule has 0 fully saturated rings. The van der Waals surface area contributed by atoms with Crippen LogP contribution < -0.4 is 14.2 Å². The Bertz CT molecular complexity index is 1080. The maximum Gasteiger partial charge on any atom is 0.164 e. The molecular weight excluding hydrogens is 390 g/mol. The van der Waals surface area contributed by atoms with Gasteiger partial charge in [0.2, 0.25) is 0 Å². The Morgan fingerprint density at radius 3 is 1.52 bits per heavy atom. The molecule has 5 nitrogen and oxygen atoms in total. The van der Waals surface area contributed by atoms with Crippen LogP contribution in [0.1, 0.15) is 23.1 Å². The summed E-state index contributed by atoms with van der Waals surface area (Å²) in [5, 5.41) is 9.94. The highest BCUT2D eigenvalue weighted by Crippen LogP contribution is 2.50. The average Bonchev–Trinajstić information content (AvgIpc) is 3.25. The van der Waals surface area contributed by atoms with E-state index in [4.69, 9.17) is 18.9 Å². The van der Waals surface area contributed by atoms with Gasteiger partial charge in [-0.2, -0.15) is 5.26 Å². The summed E-state index contributed by atoms with van der Waals surface area (Å²) in [6.45, 7) is 0. The van der Waals surface area contributed by atoms with E-state index in [2.05, 4.69) is 6.07 Å². The molecule has 31 heavy (non-hydrogen) atoms. The standard InChI is InChI=1S/C26H23NO4/c1-28-22-10-4-18(5-11-22)25-19(17-27)16-26(31-25,20-6-12-23(29-2)13-7-20)21-8-14-24(30-3)15-9-21/h4-15H,16H2,1-3H3. The summed E-state index contributed by atoms with van der Waals surface area (Å²) < 4.78 is 22.6. The number of hydrogen-bond donors (Lipinski definition) is 0. The fourth-order valence-electron chi connectivity index (χ4n) is 3.88. The van der Waals surface area contributed by atoms with Crippen LogP contribution in [0.15, 0.2) is 78.4 Å². The van der Waals surface area contributed by atoms with E-state index in [1.54, 1.807) is 21.3 Å². The molecule has 156 valence electrons. The quantitative estimate of drug-likeness (QED) is 0.548. The van der Waals surface area contributed by atoms with Crippen LogP contribution in [0, 0.1) is 11.3 Å². The summed E-state index contributed by atoms with van der Waals surface area (Å²) in [5.41, 5.74) is 2.47. The van der Waals surface area contributed by atoms with Gasteiger partial charge in [-0.15, -0.1) is 0 Å². The summed E-state index contributed by atoms with van der Waals surface area (Å²) in [4.78, 5) is 0. The summed E-state index contributed by atoms with van der Waals surface area (Å²) in [7, 11) is 4.90. The summed E-state index contributed by atoms with van der Waals surface area (Å²) in [6, 6.07) is 25.4. The molecule has 0 aromatic heterocycles. The number of methoxy groups -OCH3 is 3.